The number of hydrogen-bond donors (Lipinski definition) is 1. The van der Waals surface area contributed by atoms with Gasteiger partial charge in [0.1, 0.15) is 12.4 Å². The predicted octanol–water partition coefficient (Wildman–Crippen LogP) is 3.65. The highest BCUT2D eigenvalue weighted by atomic mass is 16.5. The number of rotatable bonds is 7. The first-order chi connectivity index (χ1) is 8.58. The maximum atomic E-state index is 8.82. The molecule has 0 aliphatic heterocycles. The second-order valence-electron chi connectivity index (χ2n) is 5.23. The molecule has 0 saturated carbocycles. The van der Waals surface area contributed by atoms with Gasteiger partial charge in [-0.15, -0.1) is 0 Å². The molecule has 2 nitrogen and oxygen atoms in total. The van der Waals surface area contributed by atoms with Crippen molar-refractivity contribution >= 4 is 0 Å². The van der Waals surface area contributed by atoms with Gasteiger partial charge in [0, 0.05) is 0 Å². The third-order valence-corrected chi connectivity index (χ3v) is 3.22. The Labute approximate surface area is 111 Å². The minimum absolute atomic E-state index is 0.0637. The first-order valence-corrected chi connectivity index (χ1v) is 6.92. The number of benzene rings is 1. The predicted molar refractivity (Wildman–Crippen MR) is 76.3 cm³/mol. The van der Waals surface area contributed by atoms with E-state index in [0.717, 1.165) is 18.1 Å². The fourth-order valence-electron chi connectivity index (χ4n) is 2.53. The second kappa shape index (κ2) is 7.42. The molecule has 18 heavy (non-hydrogen) atoms. The molecule has 0 fully saturated rings. The highest BCUT2D eigenvalue weighted by Crippen LogP contribution is 2.26. The van der Waals surface area contributed by atoms with Gasteiger partial charge in [-0.05, 0) is 42.9 Å². The summed E-state index contributed by atoms with van der Waals surface area (Å²) in [7, 11) is 0. The topological polar surface area (TPSA) is 29.5 Å². The van der Waals surface area contributed by atoms with Crippen LogP contribution in [0.25, 0.3) is 0 Å². The van der Waals surface area contributed by atoms with E-state index in [1.807, 2.05) is 0 Å². The molecule has 0 amide bonds. The lowest BCUT2D eigenvalue weighted by atomic mass is 9.94. The molecule has 1 atom stereocenters. The van der Waals surface area contributed by atoms with Gasteiger partial charge in [0.2, 0.25) is 0 Å². The molecule has 1 N–H and O–H groups in total. The maximum Gasteiger partial charge on any atom is 0.125 e. The minimum Gasteiger partial charge on any atom is -0.491 e. The van der Waals surface area contributed by atoms with Crippen LogP contribution in [0.5, 0.6) is 5.75 Å². The number of hydrogen-bond acceptors (Lipinski definition) is 2. The van der Waals surface area contributed by atoms with Gasteiger partial charge in [0.15, 0.2) is 0 Å². The lowest BCUT2D eigenvalue weighted by Crippen LogP contribution is -2.06. The summed E-state index contributed by atoms with van der Waals surface area (Å²) in [5, 5.41) is 8.82. The van der Waals surface area contributed by atoms with Crippen molar-refractivity contribution in [2.75, 3.05) is 13.2 Å². The summed E-state index contributed by atoms with van der Waals surface area (Å²) in [5.41, 5.74) is 3.73. The molecule has 1 rings (SSSR count). The molecule has 0 spiro atoms. The number of ether oxygens (including phenoxy) is 1. The van der Waals surface area contributed by atoms with Crippen molar-refractivity contribution in [1.29, 1.82) is 0 Å². The SMILES string of the molecule is CCCC(C)Cc1cc(C)c(OCCO)c(C)c1. The van der Waals surface area contributed by atoms with Crippen LogP contribution in [0.2, 0.25) is 0 Å². The van der Waals surface area contributed by atoms with Crippen LogP contribution in [0.3, 0.4) is 0 Å². The van der Waals surface area contributed by atoms with E-state index in [1.165, 1.54) is 29.5 Å². The third-order valence-electron chi connectivity index (χ3n) is 3.22. The summed E-state index contributed by atoms with van der Waals surface area (Å²) >= 11 is 0. The van der Waals surface area contributed by atoms with Crippen LogP contribution in [0.15, 0.2) is 12.1 Å². The molecular weight excluding hydrogens is 224 g/mol. The number of aliphatic hydroxyl groups is 1. The Hall–Kier alpha value is -1.02. The molecule has 0 aliphatic carbocycles. The van der Waals surface area contributed by atoms with Gasteiger partial charge >= 0.3 is 0 Å². The number of aryl methyl sites for hydroxylation is 2. The molecule has 1 aromatic carbocycles. The molecule has 0 aliphatic rings. The van der Waals surface area contributed by atoms with E-state index in [0.29, 0.717) is 6.61 Å². The summed E-state index contributed by atoms with van der Waals surface area (Å²) in [6, 6.07) is 4.43. The molecular formula is C16H26O2. The Morgan fingerprint density at radius 3 is 2.33 bits per heavy atom. The van der Waals surface area contributed by atoms with Crippen molar-refractivity contribution in [2.45, 2.75) is 47.0 Å². The fraction of sp³-hybridized carbons (Fsp3) is 0.625. The van der Waals surface area contributed by atoms with Gasteiger partial charge in [0.25, 0.3) is 0 Å². The summed E-state index contributed by atoms with van der Waals surface area (Å²) in [6.07, 6.45) is 3.66. The first-order valence-electron chi connectivity index (χ1n) is 6.92. The van der Waals surface area contributed by atoms with E-state index >= 15 is 0 Å². The quantitative estimate of drug-likeness (QED) is 0.800. The zero-order chi connectivity index (χ0) is 13.5. The zero-order valence-corrected chi connectivity index (χ0v) is 12.1. The van der Waals surface area contributed by atoms with Crippen molar-refractivity contribution < 1.29 is 9.84 Å². The average Bonchev–Trinajstić information content (AvgIpc) is 2.28. The van der Waals surface area contributed by atoms with Crippen LogP contribution in [-0.2, 0) is 6.42 Å². The Balaban J connectivity index is 2.78. The molecule has 1 aromatic rings. The molecule has 1 unspecified atom stereocenters. The van der Waals surface area contributed by atoms with Gasteiger partial charge in [-0.1, -0.05) is 38.8 Å². The van der Waals surface area contributed by atoms with E-state index in [4.69, 9.17) is 9.84 Å². The highest BCUT2D eigenvalue weighted by Gasteiger charge is 2.09. The van der Waals surface area contributed by atoms with Crippen molar-refractivity contribution in [3.63, 3.8) is 0 Å². The third kappa shape index (κ3) is 4.34. The zero-order valence-electron chi connectivity index (χ0n) is 12.1. The summed E-state index contributed by atoms with van der Waals surface area (Å²) in [4.78, 5) is 0. The van der Waals surface area contributed by atoms with Crippen LogP contribution < -0.4 is 4.74 Å². The molecule has 0 aromatic heterocycles. The molecule has 2 heteroatoms. The van der Waals surface area contributed by atoms with Crippen molar-refractivity contribution in [3.8, 4) is 5.75 Å². The van der Waals surface area contributed by atoms with E-state index in [2.05, 4.69) is 39.8 Å². The molecule has 0 bridgehead atoms. The van der Waals surface area contributed by atoms with Crippen LogP contribution in [0.1, 0.15) is 43.4 Å². The largest absolute Gasteiger partial charge is 0.491 e. The van der Waals surface area contributed by atoms with Gasteiger partial charge in [-0.3, -0.25) is 0 Å². The van der Waals surface area contributed by atoms with E-state index in [-0.39, 0.29) is 6.61 Å². The van der Waals surface area contributed by atoms with Gasteiger partial charge in [0.05, 0.1) is 6.61 Å². The average molecular weight is 250 g/mol. The second-order valence-corrected chi connectivity index (χ2v) is 5.23. The Morgan fingerprint density at radius 2 is 1.83 bits per heavy atom. The van der Waals surface area contributed by atoms with E-state index < -0.39 is 0 Å². The standard InChI is InChI=1S/C16H26O2/c1-5-6-12(2)9-15-10-13(3)16(14(4)11-15)18-8-7-17/h10-12,17H,5-9H2,1-4H3. The van der Waals surface area contributed by atoms with Crippen LogP contribution >= 0.6 is 0 Å². The van der Waals surface area contributed by atoms with Crippen molar-refractivity contribution in [2.24, 2.45) is 5.92 Å². The Bertz CT molecular complexity index is 348. The first kappa shape index (κ1) is 15.0. The van der Waals surface area contributed by atoms with Crippen LogP contribution in [-0.4, -0.2) is 18.3 Å². The number of aliphatic hydroxyl groups excluding tert-OH is 1. The Kier molecular flexibility index (Phi) is 6.20. The summed E-state index contributed by atoms with van der Waals surface area (Å²) in [5.74, 6) is 1.66. The smallest absolute Gasteiger partial charge is 0.125 e. The van der Waals surface area contributed by atoms with Gasteiger partial charge in [-0.25, -0.2) is 0 Å². The van der Waals surface area contributed by atoms with Crippen molar-refractivity contribution in [1.82, 2.24) is 0 Å². The monoisotopic (exact) mass is 250 g/mol. The van der Waals surface area contributed by atoms with Gasteiger partial charge in [-0.2, -0.15) is 0 Å². The normalized spacial score (nSPS) is 12.5. The molecule has 102 valence electrons. The van der Waals surface area contributed by atoms with E-state index in [9.17, 15) is 0 Å². The lowest BCUT2D eigenvalue weighted by molar-refractivity contribution is 0.200. The Morgan fingerprint density at radius 1 is 1.22 bits per heavy atom. The van der Waals surface area contributed by atoms with Crippen molar-refractivity contribution in [3.05, 3.63) is 28.8 Å². The lowest BCUT2D eigenvalue weighted by Gasteiger charge is -2.15. The summed E-state index contributed by atoms with van der Waals surface area (Å²) < 4.78 is 5.57. The van der Waals surface area contributed by atoms with Gasteiger partial charge < -0.3 is 9.84 Å². The van der Waals surface area contributed by atoms with E-state index in [1.54, 1.807) is 0 Å². The molecule has 0 heterocycles. The fourth-order valence-corrected chi connectivity index (χ4v) is 2.53. The summed E-state index contributed by atoms with van der Waals surface area (Å²) in [6.45, 7) is 9.13. The minimum atomic E-state index is 0.0637. The highest BCUT2D eigenvalue weighted by molar-refractivity contribution is 5.43. The molecule has 0 radical (unpaired) electrons. The molecule has 0 saturated heterocycles. The maximum absolute atomic E-state index is 8.82. The van der Waals surface area contributed by atoms with Crippen LogP contribution in [0.4, 0.5) is 0 Å². The van der Waals surface area contributed by atoms with Crippen LogP contribution in [0, 0.1) is 19.8 Å².